The molecule has 30 heavy (non-hydrogen) atoms. The number of esters is 1. The van der Waals surface area contributed by atoms with Gasteiger partial charge in [0.25, 0.3) is 5.91 Å². The zero-order chi connectivity index (χ0) is 21.0. The van der Waals surface area contributed by atoms with Crippen LogP contribution in [0.2, 0.25) is 0 Å². The fraction of sp³-hybridized carbons (Fsp3) is 0.286. The summed E-state index contributed by atoms with van der Waals surface area (Å²) in [6.07, 6.45) is 0.753. The number of fused-ring (bicyclic) bond motifs is 1. The molecule has 3 rings (SSSR count). The molecule has 0 saturated heterocycles. The third-order valence-electron chi connectivity index (χ3n) is 4.36. The average molecular weight is 452 g/mol. The number of methoxy groups -OCH3 is 1. The van der Waals surface area contributed by atoms with Gasteiger partial charge in [-0.2, -0.15) is 0 Å². The molecular weight excluding hydrogens is 429 g/mol. The predicted molar refractivity (Wildman–Crippen MR) is 119 cm³/mol. The number of thiazole rings is 1. The lowest BCUT2D eigenvalue weighted by Gasteiger charge is -2.21. The second-order valence-electron chi connectivity index (χ2n) is 6.79. The van der Waals surface area contributed by atoms with Crippen LogP contribution in [0.1, 0.15) is 27.1 Å². The molecule has 1 amide bonds. The second-order valence-corrected chi connectivity index (χ2v) is 7.80. The molecular formula is C21H23ClFN3O3S. The minimum atomic E-state index is -0.458. The first-order valence-corrected chi connectivity index (χ1v) is 9.92. The maximum atomic E-state index is 13.5. The Kier molecular flexibility index (Phi) is 8.28. The number of ether oxygens (including phenoxy) is 1. The number of benzene rings is 2. The first-order valence-electron chi connectivity index (χ1n) is 9.10. The highest BCUT2D eigenvalue weighted by molar-refractivity contribution is 7.22. The molecule has 0 unspecified atom stereocenters. The maximum Gasteiger partial charge on any atom is 0.337 e. The molecule has 1 heterocycles. The van der Waals surface area contributed by atoms with Gasteiger partial charge >= 0.3 is 5.97 Å². The van der Waals surface area contributed by atoms with Gasteiger partial charge in [-0.05, 0) is 69.5 Å². The van der Waals surface area contributed by atoms with E-state index >= 15 is 0 Å². The lowest BCUT2D eigenvalue weighted by Crippen LogP contribution is -2.33. The van der Waals surface area contributed by atoms with E-state index in [9.17, 15) is 14.0 Å². The Morgan fingerprint density at radius 3 is 2.37 bits per heavy atom. The van der Waals surface area contributed by atoms with Crippen molar-refractivity contribution in [2.24, 2.45) is 0 Å². The summed E-state index contributed by atoms with van der Waals surface area (Å²) in [6.45, 7) is 1.28. The summed E-state index contributed by atoms with van der Waals surface area (Å²) in [5.41, 5.74) is 1.46. The molecule has 160 valence electrons. The van der Waals surface area contributed by atoms with Gasteiger partial charge in [-0.25, -0.2) is 14.2 Å². The lowest BCUT2D eigenvalue weighted by molar-refractivity contribution is 0.0600. The van der Waals surface area contributed by atoms with Crippen LogP contribution in [-0.4, -0.2) is 56.1 Å². The van der Waals surface area contributed by atoms with Crippen molar-refractivity contribution < 1.29 is 18.7 Å². The first-order chi connectivity index (χ1) is 13.9. The Morgan fingerprint density at radius 1 is 1.07 bits per heavy atom. The van der Waals surface area contributed by atoms with E-state index in [1.54, 1.807) is 35.2 Å². The summed E-state index contributed by atoms with van der Waals surface area (Å²) in [4.78, 5) is 33.0. The molecule has 0 aliphatic carbocycles. The summed E-state index contributed by atoms with van der Waals surface area (Å²) >= 11 is 1.28. The Morgan fingerprint density at radius 2 is 1.73 bits per heavy atom. The fourth-order valence-electron chi connectivity index (χ4n) is 2.85. The Bertz CT molecular complexity index is 1020. The van der Waals surface area contributed by atoms with E-state index in [1.165, 1.54) is 30.6 Å². The van der Waals surface area contributed by atoms with Gasteiger partial charge in [-0.3, -0.25) is 9.69 Å². The number of aromatic nitrogens is 1. The van der Waals surface area contributed by atoms with Crippen molar-refractivity contribution in [3.63, 3.8) is 0 Å². The smallest absolute Gasteiger partial charge is 0.337 e. The lowest BCUT2D eigenvalue weighted by atomic mass is 10.1. The molecule has 0 spiro atoms. The highest BCUT2D eigenvalue weighted by Crippen LogP contribution is 2.30. The van der Waals surface area contributed by atoms with E-state index in [0.29, 0.717) is 33.0 Å². The summed E-state index contributed by atoms with van der Waals surface area (Å²) in [5, 5.41) is 0.520. The molecule has 0 saturated carbocycles. The molecule has 3 aromatic rings. The Labute approximate surface area is 184 Å². The van der Waals surface area contributed by atoms with Crippen LogP contribution in [0.4, 0.5) is 9.52 Å². The quantitative estimate of drug-likeness (QED) is 0.503. The van der Waals surface area contributed by atoms with Gasteiger partial charge in [-0.1, -0.05) is 11.3 Å². The number of carbonyl (C=O) groups excluding carboxylic acids is 2. The normalized spacial score (nSPS) is 10.7. The van der Waals surface area contributed by atoms with Crippen LogP contribution in [0.5, 0.6) is 0 Å². The summed E-state index contributed by atoms with van der Waals surface area (Å²) in [7, 11) is 5.25. The Balaban J connectivity index is 0.00000320. The van der Waals surface area contributed by atoms with Gasteiger partial charge in [0, 0.05) is 12.1 Å². The molecule has 2 aromatic carbocycles. The molecule has 1 aromatic heterocycles. The molecule has 0 bridgehead atoms. The predicted octanol–water partition coefficient (Wildman–Crippen LogP) is 4.24. The topological polar surface area (TPSA) is 62.7 Å². The summed E-state index contributed by atoms with van der Waals surface area (Å²) < 4.78 is 18.9. The summed E-state index contributed by atoms with van der Waals surface area (Å²) in [6, 6.07) is 10.7. The number of rotatable bonds is 7. The number of anilines is 1. The highest BCUT2D eigenvalue weighted by atomic mass is 35.5. The number of nitrogens with zero attached hydrogens (tertiary/aromatic N) is 3. The van der Waals surface area contributed by atoms with Gasteiger partial charge < -0.3 is 9.64 Å². The van der Waals surface area contributed by atoms with Crippen molar-refractivity contribution in [2.75, 3.05) is 39.2 Å². The number of halogens is 2. The van der Waals surface area contributed by atoms with Crippen molar-refractivity contribution >= 4 is 51.0 Å². The van der Waals surface area contributed by atoms with E-state index in [0.717, 1.165) is 13.0 Å². The molecule has 6 nitrogen and oxygen atoms in total. The van der Waals surface area contributed by atoms with Crippen LogP contribution in [0.15, 0.2) is 42.5 Å². The zero-order valence-corrected chi connectivity index (χ0v) is 18.6. The zero-order valence-electron chi connectivity index (χ0n) is 16.9. The number of hydrogen-bond acceptors (Lipinski definition) is 6. The van der Waals surface area contributed by atoms with Crippen molar-refractivity contribution in [2.45, 2.75) is 6.42 Å². The number of hydrogen-bond donors (Lipinski definition) is 0. The number of amides is 1. The van der Waals surface area contributed by atoms with Gasteiger partial charge in [0.1, 0.15) is 5.82 Å². The van der Waals surface area contributed by atoms with E-state index < -0.39 is 5.97 Å². The molecule has 9 heteroatoms. The van der Waals surface area contributed by atoms with Crippen LogP contribution in [0.25, 0.3) is 10.2 Å². The molecule has 0 N–H and O–H groups in total. The van der Waals surface area contributed by atoms with Crippen LogP contribution in [0, 0.1) is 5.82 Å². The fourth-order valence-corrected chi connectivity index (χ4v) is 3.87. The molecule has 0 radical (unpaired) electrons. The standard InChI is InChI=1S/C21H22FN3O3S.ClH/c1-24(2)11-4-12-25(21-23-17-10-9-16(22)13-18(17)29-21)19(26)14-5-7-15(8-6-14)20(27)28-3;/h5-10,13H,4,11-12H2,1-3H3;1H. The van der Waals surface area contributed by atoms with E-state index in [1.807, 2.05) is 19.0 Å². The van der Waals surface area contributed by atoms with Crippen LogP contribution >= 0.6 is 23.7 Å². The van der Waals surface area contributed by atoms with Crippen molar-refractivity contribution in [1.29, 1.82) is 0 Å². The van der Waals surface area contributed by atoms with E-state index in [2.05, 4.69) is 4.98 Å². The Hall–Kier alpha value is -2.55. The van der Waals surface area contributed by atoms with Crippen LogP contribution < -0.4 is 4.90 Å². The second kappa shape index (κ2) is 10.5. The maximum absolute atomic E-state index is 13.5. The van der Waals surface area contributed by atoms with Crippen LogP contribution in [-0.2, 0) is 4.74 Å². The highest BCUT2D eigenvalue weighted by Gasteiger charge is 2.22. The van der Waals surface area contributed by atoms with Crippen molar-refractivity contribution in [3.05, 3.63) is 59.4 Å². The molecule has 0 aliphatic rings. The average Bonchev–Trinajstić information content (AvgIpc) is 3.12. The molecule has 0 aliphatic heterocycles. The largest absolute Gasteiger partial charge is 0.465 e. The third-order valence-corrected chi connectivity index (χ3v) is 5.40. The SMILES string of the molecule is COC(=O)c1ccc(C(=O)N(CCCN(C)C)c2nc3ccc(F)cc3s2)cc1.Cl. The van der Waals surface area contributed by atoms with Crippen molar-refractivity contribution in [1.82, 2.24) is 9.88 Å². The summed E-state index contributed by atoms with van der Waals surface area (Å²) in [5.74, 6) is -1.02. The van der Waals surface area contributed by atoms with Crippen molar-refractivity contribution in [3.8, 4) is 0 Å². The van der Waals surface area contributed by atoms with Gasteiger partial charge in [0.05, 0.1) is 22.9 Å². The molecule has 0 atom stereocenters. The van der Waals surface area contributed by atoms with E-state index in [4.69, 9.17) is 4.74 Å². The minimum absolute atomic E-state index is 0. The first kappa shape index (κ1) is 23.7. The number of carbonyl (C=O) groups is 2. The van der Waals surface area contributed by atoms with Gasteiger partial charge in [-0.15, -0.1) is 12.4 Å². The third kappa shape index (κ3) is 5.53. The van der Waals surface area contributed by atoms with E-state index in [-0.39, 0.29) is 24.1 Å². The van der Waals surface area contributed by atoms with Crippen LogP contribution in [0.3, 0.4) is 0 Å². The minimum Gasteiger partial charge on any atom is -0.465 e. The monoisotopic (exact) mass is 451 g/mol. The van der Waals surface area contributed by atoms with Gasteiger partial charge in [0.2, 0.25) is 0 Å². The molecule has 0 fully saturated rings. The van der Waals surface area contributed by atoms with Gasteiger partial charge in [0.15, 0.2) is 5.13 Å².